The van der Waals surface area contributed by atoms with Crippen LogP contribution in [-0.4, -0.2) is 57.6 Å². The van der Waals surface area contributed by atoms with Gasteiger partial charge in [0.25, 0.3) is 0 Å². The van der Waals surface area contributed by atoms with E-state index in [0.29, 0.717) is 6.54 Å². The van der Waals surface area contributed by atoms with Crippen LogP contribution >= 0.6 is 0 Å². The van der Waals surface area contributed by atoms with Crippen molar-refractivity contribution >= 4 is 15.7 Å². The van der Waals surface area contributed by atoms with E-state index < -0.39 is 10.0 Å². The molecule has 1 aliphatic heterocycles. The van der Waals surface area contributed by atoms with Crippen LogP contribution in [0.1, 0.15) is 12.0 Å². The zero-order chi connectivity index (χ0) is 18.4. The van der Waals surface area contributed by atoms with Crippen molar-refractivity contribution in [3.63, 3.8) is 0 Å². The summed E-state index contributed by atoms with van der Waals surface area (Å²) in [7, 11) is -3.45. The molecule has 3 rings (SSSR count). The number of benzene rings is 1. The van der Waals surface area contributed by atoms with E-state index in [4.69, 9.17) is 0 Å². The number of aryl methyl sites for hydroxylation is 1. The summed E-state index contributed by atoms with van der Waals surface area (Å²) in [6, 6.07) is 11.8. The number of nitrogens with zero attached hydrogens (tertiary/aromatic N) is 3. The Kier molecular flexibility index (Phi) is 6.24. The van der Waals surface area contributed by atoms with Gasteiger partial charge in [0.15, 0.2) is 0 Å². The summed E-state index contributed by atoms with van der Waals surface area (Å²) in [5.74, 6) is 0. The highest BCUT2D eigenvalue weighted by atomic mass is 32.2. The van der Waals surface area contributed by atoms with Gasteiger partial charge in [0.1, 0.15) is 4.90 Å². The Bertz CT molecular complexity index is 803. The Balaban J connectivity index is 1.39. The quantitative estimate of drug-likeness (QED) is 0.750. The lowest BCUT2D eigenvalue weighted by Gasteiger charge is -2.36. The minimum Gasteiger partial charge on any atom is -0.369 e. The fraction of sp³-hybridized carbons (Fsp3) is 0.421. The van der Waals surface area contributed by atoms with Gasteiger partial charge in [-0.05, 0) is 49.7 Å². The maximum absolute atomic E-state index is 12.1. The topological polar surface area (TPSA) is 65.5 Å². The van der Waals surface area contributed by atoms with Gasteiger partial charge in [-0.15, -0.1) is 0 Å². The van der Waals surface area contributed by atoms with Gasteiger partial charge in [-0.1, -0.05) is 12.1 Å². The van der Waals surface area contributed by atoms with Crippen molar-refractivity contribution < 1.29 is 8.42 Å². The molecule has 0 radical (unpaired) electrons. The van der Waals surface area contributed by atoms with Crippen LogP contribution in [-0.2, 0) is 10.0 Å². The second-order valence-electron chi connectivity index (χ2n) is 6.61. The van der Waals surface area contributed by atoms with Gasteiger partial charge in [0.2, 0.25) is 10.0 Å². The molecule has 1 aromatic carbocycles. The Morgan fingerprint density at radius 2 is 1.92 bits per heavy atom. The number of anilines is 1. The van der Waals surface area contributed by atoms with Crippen molar-refractivity contribution in [2.24, 2.45) is 0 Å². The maximum atomic E-state index is 12.1. The maximum Gasteiger partial charge on any atom is 0.242 e. The highest BCUT2D eigenvalue weighted by Gasteiger charge is 2.17. The third-order valence-electron chi connectivity index (χ3n) is 4.63. The molecule has 140 valence electrons. The van der Waals surface area contributed by atoms with Gasteiger partial charge in [0, 0.05) is 50.8 Å². The van der Waals surface area contributed by atoms with E-state index in [2.05, 4.69) is 50.7 Å². The van der Waals surface area contributed by atoms with Crippen LogP contribution in [0.5, 0.6) is 0 Å². The number of pyridine rings is 1. The lowest BCUT2D eigenvalue weighted by Crippen LogP contribution is -2.47. The first kappa shape index (κ1) is 18.8. The molecule has 2 heterocycles. The second kappa shape index (κ2) is 8.62. The third kappa shape index (κ3) is 5.03. The van der Waals surface area contributed by atoms with E-state index in [1.54, 1.807) is 18.3 Å². The van der Waals surface area contributed by atoms with Crippen molar-refractivity contribution in [2.45, 2.75) is 18.2 Å². The minimum atomic E-state index is -3.45. The summed E-state index contributed by atoms with van der Waals surface area (Å²) in [5, 5.41) is 0. The SMILES string of the molecule is Cc1cccc(N2CCN(CCCNS(=O)(=O)c3cccnc3)CC2)c1. The largest absolute Gasteiger partial charge is 0.369 e. The van der Waals surface area contributed by atoms with E-state index in [0.717, 1.165) is 39.1 Å². The van der Waals surface area contributed by atoms with Crippen LogP contribution in [0.4, 0.5) is 5.69 Å². The first-order chi connectivity index (χ1) is 12.5. The summed E-state index contributed by atoms with van der Waals surface area (Å²) in [6.45, 7) is 7.47. The fourth-order valence-electron chi connectivity index (χ4n) is 3.15. The smallest absolute Gasteiger partial charge is 0.242 e. The van der Waals surface area contributed by atoms with E-state index in [1.165, 1.54) is 17.4 Å². The zero-order valence-electron chi connectivity index (χ0n) is 15.1. The molecular weight excluding hydrogens is 348 g/mol. The Morgan fingerprint density at radius 3 is 2.62 bits per heavy atom. The normalized spacial score (nSPS) is 16.0. The van der Waals surface area contributed by atoms with Crippen LogP contribution in [0.3, 0.4) is 0 Å². The number of hydrogen-bond acceptors (Lipinski definition) is 5. The zero-order valence-corrected chi connectivity index (χ0v) is 16.0. The number of nitrogens with one attached hydrogen (secondary N) is 1. The summed E-state index contributed by atoms with van der Waals surface area (Å²) in [4.78, 5) is 8.88. The second-order valence-corrected chi connectivity index (χ2v) is 8.37. The van der Waals surface area contributed by atoms with Crippen molar-refractivity contribution in [1.29, 1.82) is 0 Å². The molecule has 0 unspecified atom stereocenters. The number of piperazine rings is 1. The molecule has 0 atom stereocenters. The fourth-order valence-corrected chi connectivity index (χ4v) is 4.19. The van der Waals surface area contributed by atoms with Crippen LogP contribution in [0.15, 0.2) is 53.7 Å². The highest BCUT2D eigenvalue weighted by Crippen LogP contribution is 2.17. The van der Waals surface area contributed by atoms with Crippen molar-refractivity contribution in [2.75, 3.05) is 44.2 Å². The molecule has 0 spiro atoms. The van der Waals surface area contributed by atoms with E-state index in [1.807, 2.05) is 0 Å². The molecule has 1 aromatic heterocycles. The standard InChI is InChI=1S/C19H26N4O2S/c1-17-5-2-6-18(15-17)23-13-11-22(12-14-23)10-4-9-21-26(24,25)19-7-3-8-20-16-19/h2-3,5-8,15-16,21H,4,9-14H2,1H3. The third-order valence-corrected chi connectivity index (χ3v) is 6.07. The number of sulfonamides is 1. The molecule has 26 heavy (non-hydrogen) atoms. The van der Waals surface area contributed by atoms with Gasteiger partial charge in [-0.25, -0.2) is 13.1 Å². The van der Waals surface area contributed by atoms with E-state index in [9.17, 15) is 8.42 Å². The molecule has 7 heteroatoms. The summed E-state index contributed by atoms with van der Waals surface area (Å²) in [6.07, 6.45) is 3.73. The van der Waals surface area contributed by atoms with Crippen molar-refractivity contribution in [3.8, 4) is 0 Å². The monoisotopic (exact) mass is 374 g/mol. The van der Waals surface area contributed by atoms with Crippen LogP contribution < -0.4 is 9.62 Å². The molecule has 0 bridgehead atoms. The first-order valence-electron chi connectivity index (χ1n) is 8.98. The lowest BCUT2D eigenvalue weighted by molar-refractivity contribution is 0.255. The number of rotatable bonds is 7. The van der Waals surface area contributed by atoms with Crippen LogP contribution in [0.25, 0.3) is 0 Å². The van der Waals surface area contributed by atoms with E-state index in [-0.39, 0.29) is 4.90 Å². The van der Waals surface area contributed by atoms with E-state index >= 15 is 0 Å². The van der Waals surface area contributed by atoms with Gasteiger partial charge >= 0.3 is 0 Å². The van der Waals surface area contributed by atoms with Gasteiger partial charge in [-0.2, -0.15) is 0 Å². The average Bonchev–Trinajstić information content (AvgIpc) is 2.66. The van der Waals surface area contributed by atoms with Crippen molar-refractivity contribution in [3.05, 3.63) is 54.4 Å². The molecule has 1 aliphatic rings. The van der Waals surface area contributed by atoms with Crippen LogP contribution in [0.2, 0.25) is 0 Å². The molecule has 0 saturated carbocycles. The number of aromatic nitrogens is 1. The summed E-state index contributed by atoms with van der Waals surface area (Å²) in [5.41, 5.74) is 2.57. The summed E-state index contributed by atoms with van der Waals surface area (Å²) < 4.78 is 26.9. The molecule has 0 amide bonds. The average molecular weight is 375 g/mol. The predicted octanol–water partition coefficient (Wildman–Crippen LogP) is 1.88. The van der Waals surface area contributed by atoms with Crippen LogP contribution in [0, 0.1) is 6.92 Å². The molecule has 2 aromatic rings. The molecular formula is C19H26N4O2S. The number of hydrogen-bond donors (Lipinski definition) is 1. The lowest BCUT2D eigenvalue weighted by atomic mass is 10.2. The molecule has 6 nitrogen and oxygen atoms in total. The first-order valence-corrected chi connectivity index (χ1v) is 10.5. The Hall–Kier alpha value is -1.96. The van der Waals surface area contributed by atoms with Gasteiger partial charge in [0.05, 0.1) is 0 Å². The summed E-state index contributed by atoms with van der Waals surface area (Å²) >= 11 is 0. The van der Waals surface area contributed by atoms with Crippen molar-refractivity contribution in [1.82, 2.24) is 14.6 Å². The predicted molar refractivity (Wildman–Crippen MR) is 104 cm³/mol. The van der Waals surface area contributed by atoms with Gasteiger partial charge < -0.3 is 4.90 Å². The van der Waals surface area contributed by atoms with Gasteiger partial charge in [-0.3, -0.25) is 9.88 Å². The Morgan fingerprint density at radius 1 is 1.12 bits per heavy atom. The molecule has 1 fully saturated rings. The Labute approximate surface area is 155 Å². The molecule has 1 saturated heterocycles. The minimum absolute atomic E-state index is 0.215. The molecule has 0 aliphatic carbocycles. The highest BCUT2D eigenvalue weighted by molar-refractivity contribution is 7.89. The molecule has 1 N–H and O–H groups in total.